The van der Waals surface area contributed by atoms with Gasteiger partial charge in [0, 0.05) is 0 Å². The van der Waals surface area contributed by atoms with Gasteiger partial charge in [0.05, 0.1) is 0 Å². The van der Waals surface area contributed by atoms with Gasteiger partial charge in [-0.05, 0) is 24.8 Å². The molecule has 1 aromatic rings. The van der Waals surface area contributed by atoms with E-state index in [4.69, 9.17) is 10.8 Å². The highest BCUT2D eigenvalue weighted by Gasteiger charge is 2.33. The molecule has 110 valence electrons. The molecule has 0 bridgehead atoms. The van der Waals surface area contributed by atoms with Gasteiger partial charge in [0.25, 0.3) is 0 Å². The Morgan fingerprint density at radius 1 is 1.30 bits per heavy atom. The van der Waals surface area contributed by atoms with Crippen LogP contribution < -0.4 is 11.1 Å². The molecule has 0 aliphatic rings. The van der Waals surface area contributed by atoms with Crippen LogP contribution in [0.5, 0.6) is 0 Å². The van der Waals surface area contributed by atoms with E-state index in [-0.39, 0.29) is 5.92 Å². The summed E-state index contributed by atoms with van der Waals surface area (Å²) in [5, 5.41) is 11.7. The zero-order chi connectivity index (χ0) is 15.3. The molecule has 0 radical (unpaired) electrons. The second-order valence-electron chi connectivity index (χ2n) is 5.56. The van der Waals surface area contributed by atoms with Crippen molar-refractivity contribution in [2.24, 2.45) is 11.7 Å². The smallest absolute Gasteiger partial charge is 0.326 e. The summed E-state index contributed by atoms with van der Waals surface area (Å²) in [5.41, 5.74) is 5.44. The van der Waals surface area contributed by atoms with Crippen LogP contribution in [0, 0.1) is 5.92 Å². The van der Waals surface area contributed by atoms with E-state index < -0.39 is 23.5 Å². The fraction of sp³-hybridized carbons (Fsp3) is 0.467. The highest BCUT2D eigenvalue weighted by molar-refractivity contribution is 5.90. The number of carbonyl (C=O) groups excluding carboxylic acids is 1. The summed E-state index contributed by atoms with van der Waals surface area (Å²) < 4.78 is 0. The maximum atomic E-state index is 12.3. The van der Waals surface area contributed by atoms with Gasteiger partial charge < -0.3 is 16.2 Å². The van der Waals surface area contributed by atoms with Crippen molar-refractivity contribution in [3.05, 3.63) is 35.9 Å². The van der Waals surface area contributed by atoms with Gasteiger partial charge in [-0.1, -0.05) is 44.2 Å². The van der Waals surface area contributed by atoms with Crippen molar-refractivity contribution in [1.29, 1.82) is 0 Å². The van der Waals surface area contributed by atoms with Crippen LogP contribution >= 0.6 is 0 Å². The number of rotatable bonds is 6. The molecule has 20 heavy (non-hydrogen) atoms. The fourth-order valence-corrected chi connectivity index (χ4v) is 1.92. The van der Waals surface area contributed by atoms with Crippen molar-refractivity contribution in [2.45, 2.75) is 38.8 Å². The molecule has 1 unspecified atom stereocenters. The Labute approximate surface area is 119 Å². The Bertz CT molecular complexity index is 469. The number of carbonyl (C=O) groups is 2. The molecular weight excluding hydrogens is 256 g/mol. The van der Waals surface area contributed by atoms with Crippen molar-refractivity contribution in [2.75, 3.05) is 0 Å². The van der Waals surface area contributed by atoms with Gasteiger partial charge in [-0.2, -0.15) is 0 Å². The first-order valence-electron chi connectivity index (χ1n) is 6.63. The third-order valence-corrected chi connectivity index (χ3v) is 3.16. The quantitative estimate of drug-likeness (QED) is 0.734. The SMILES string of the molecule is CC(C)C[C@H](NC(=O)C(C)(N)c1ccccc1)C(=O)O. The summed E-state index contributed by atoms with van der Waals surface area (Å²) >= 11 is 0. The van der Waals surface area contributed by atoms with Gasteiger partial charge in [-0.3, -0.25) is 4.79 Å². The summed E-state index contributed by atoms with van der Waals surface area (Å²) in [6.45, 7) is 5.38. The Morgan fingerprint density at radius 3 is 2.30 bits per heavy atom. The molecule has 1 rings (SSSR count). The Morgan fingerprint density at radius 2 is 1.85 bits per heavy atom. The Balaban J connectivity index is 2.85. The van der Waals surface area contributed by atoms with Crippen molar-refractivity contribution in [1.82, 2.24) is 5.32 Å². The van der Waals surface area contributed by atoms with Gasteiger partial charge in [0.15, 0.2) is 0 Å². The third kappa shape index (κ3) is 4.06. The molecule has 1 aromatic carbocycles. The molecule has 0 fully saturated rings. The van der Waals surface area contributed by atoms with Crippen LogP contribution in [0.4, 0.5) is 0 Å². The summed E-state index contributed by atoms with van der Waals surface area (Å²) in [6, 6.07) is 7.98. The van der Waals surface area contributed by atoms with Crippen molar-refractivity contribution >= 4 is 11.9 Å². The minimum atomic E-state index is -1.26. The number of benzene rings is 1. The molecule has 0 saturated heterocycles. The van der Waals surface area contributed by atoms with Gasteiger partial charge in [-0.15, -0.1) is 0 Å². The first-order chi connectivity index (χ1) is 9.25. The molecular formula is C15H22N2O3. The molecule has 0 heterocycles. The Kier molecular flexibility index (Phi) is 5.27. The van der Waals surface area contributed by atoms with E-state index in [0.717, 1.165) is 0 Å². The number of carboxylic acid groups (broad SMARTS) is 1. The lowest BCUT2D eigenvalue weighted by molar-refractivity contribution is -0.143. The first-order valence-corrected chi connectivity index (χ1v) is 6.63. The number of amides is 1. The lowest BCUT2D eigenvalue weighted by atomic mass is 9.91. The molecule has 0 aliphatic heterocycles. The number of hydrogen-bond donors (Lipinski definition) is 3. The number of carboxylic acids is 1. The van der Waals surface area contributed by atoms with Crippen LogP contribution in [0.2, 0.25) is 0 Å². The minimum Gasteiger partial charge on any atom is -0.480 e. The van der Waals surface area contributed by atoms with E-state index in [1.54, 1.807) is 31.2 Å². The standard InChI is InChI=1S/C15H22N2O3/c1-10(2)9-12(13(18)19)17-14(20)15(3,16)11-7-5-4-6-8-11/h4-8,10,12H,9,16H2,1-3H3,(H,17,20)(H,18,19)/t12-,15?/m0/s1. The normalized spacial score (nSPS) is 15.4. The second-order valence-corrected chi connectivity index (χ2v) is 5.56. The van der Waals surface area contributed by atoms with E-state index in [1.165, 1.54) is 0 Å². The van der Waals surface area contributed by atoms with Crippen LogP contribution in [0.25, 0.3) is 0 Å². The average Bonchev–Trinajstić information content (AvgIpc) is 2.38. The highest BCUT2D eigenvalue weighted by atomic mass is 16.4. The topological polar surface area (TPSA) is 92.4 Å². The monoisotopic (exact) mass is 278 g/mol. The van der Waals surface area contributed by atoms with Crippen molar-refractivity contribution < 1.29 is 14.7 Å². The zero-order valence-electron chi connectivity index (χ0n) is 12.1. The number of nitrogens with two attached hydrogens (primary N) is 1. The van der Waals surface area contributed by atoms with Crippen LogP contribution in [0.15, 0.2) is 30.3 Å². The molecule has 5 nitrogen and oxygen atoms in total. The molecule has 2 atom stereocenters. The maximum Gasteiger partial charge on any atom is 0.326 e. The van der Waals surface area contributed by atoms with Crippen LogP contribution in [0.3, 0.4) is 0 Å². The zero-order valence-corrected chi connectivity index (χ0v) is 12.1. The molecule has 1 amide bonds. The van der Waals surface area contributed by atoms with E-state index in [1.807, 2.05) is 19.9 Å². The highest BCUT2D eigenvalue weighted by Crippen LogP contribution is 2.18. The Hall–Kier alpha value is -1.88. The molecule has 0 spiro atoms. The molecule has 0 saturated carbocycles. The lowest BCUT2D eigenvalue weighted by Gasteiger charge is -2.26. The van der Waals surface area contributed by atoms with Gasteiger partial charge >= 0.3 is 5.97 Å². The molecule has 0 aromatic heterocycles. The van der Waals surface area contributed by atoms with Gasteiger partial charge in [0.2, 0.25) is 5.91 Å². The second kappa shape index (κ2) is 6.52. The predicted molar refractivity (Wildman–Crippen MR) is 77.0 cm³/mol. The van der Waals surface area contributed by atoms with Gasteiger partial charge in [0.1, 0.15) is 11.6 Å². The molecule has 5 heteroatoms. The van der Waals surface area contributed by atoms with E-state index in [0.29, 0.717) is 12.0 Å². The predicted octanol–water partition coefficient (Wildman–Crippen LogP) is 1.48. The summed E-state index contributed by atoms with van der Waals surface area (Å²) in [7, 11) is 0. The third-order valence-electron chi connectivity index (χ3n) is 3.16. The average molecular weight is 278 g/mol. The van der Waals surface area contributed by atoms with Crippen LogP contribution in [-0.2, 0) is 15.1 Å². The maximum absolute atomic E-state index is 12.3. The molecule has 4 N–H and O–H groups in total. The summed E-state index contributed by atoms with van der Waals surface area (Å²) in [4.78, 5) is 23.4. The largest absolute Gasteiger partial charge is 0.480 e. The molecule has 0 aliphatic carbocycles. The van der Waals surface area contributed by atoms with E-state index >= 15 is 0 Å². The van der Waals surface area contributed by atoms with E-state index in [2.05, 4.69) is 5.32 Å². The lowest BCUT2D eigenvalue weighted by Crippen LogP contribution is -2.54. The minimum absolute atomic E-state index is 0.164. The van der Waals surface area contributed by atoms with Gasteiger partial charge in [-0.25, -0.2) is 4.79 Å². The number of nitrogens with one attached hydrogen (secondary N) is 1. The summed E-state index contributed by atoms with van der Waals surface area (Å²) in [6.07, 6.45) is 0.367. The number of aliphatic carboxylic acids is 1. The first kappa shape index (κ1) is 16.2. The summed E-state index contributed by atoms with van der Waals surface area (Å²) in [5.74, 6) is -1.37. The van der Waals surface area contributed by atoms with Crippen molar-refractivity contribution in [3.63, 3.8) is 0 Å². The van der Waals surface area contributed by atoms with Crippen LogP contribution in [0.1, 0.15) is 32.8 Å². The van der Waals surface area contributed by atoms with E-state index in [9.17, 15) is 9.59 Å². The fourth-order valence-electron chi connectivity index (χ4n) is 1.92. The number of hydrogen-bond acceptors (Lipinski definition) is 3. The van der Waals surface area contributed by atoms with Crippen molar-refractivity contribution in [3.8, 4) is 0 Å². The van der Waals surface area contributed by atoms with Crippen LogP contribution in [-0.4, -0.2) is 23.0 Å².